The Hall–Kier alpha value is -2.05. The van der Waals surface area contributed by atoms with Gasteiger partial charge in [-0.05, 0) is 37.7 Å². The van der Waals surface area contributed by atoms with Gasteiger partial charge in [0.1, 0.15) is 18.7 Å². The Morgan fingerprint density at radius 1 is 0.967 bits per heavy atom. The number of hydrogen-bond donors (Lipinski definition) is 1. The molecule has 6 heteroatoms. The lowest BCUT2D eigenvalue weighted by molar-refractivity contribution is -1.01. The number of nitriles is 2. The van der Waals surface area contributed by atoms with E-state index in [9.17, 15) is 23.7 Å². The van der Waals surface area contributed by atoms with Crippen LogP contribution < -0.4 is 4.90 Å². The fraction of sp³-hybridized carbons (Fsp3) is 0.667. The van der Waals surface area contributed by atoms with Crippen molar-refractivity contribution in [2.45, 2.75) is 82.1 Å². The van der Waals surface area contributed by atoms with E-state index in [1.165, 1.54) is 12.1 Å². The van der Waals surface area contributed by atoms with Gasteiger partial charge < -0.3 is 0 Å². The molecule has 0 radical (unpaired) electrons. The number of quaternary nitrogens is 1. The SMILES string of the molecule is CC1[C@H]2CCCC[C@]2(C#N)[NH+](Cc2ccccc2C(F)(F)F)[C@]2(C#N)CCCC[C@H]12. The zero-order valence-electron chi connectivity index (χ0n) is 17.4. The molecule has 2 saturated carbocycles. The molecule has 0 bridgehead atoms. The van der Waals surface area contributed by atoms with Crippen LogP contribution >= 0.6 is 0 Å². The lowest BCUT2D eigenvalue weighted by atomic mass is 9.52. The van der Waals surface area contributed by atoms with Crippen molar-refractivity contribution in [2.75, 3.05) is 0 Å². The minimum atomic E-state index is -4.45. The topological polar surface area (TPSA) is 52.0 Å². The molecule has 0 spiro atoms. The number of piperidine rings is 1. The maximum Gasteiger partial charge on any atom is 0.416 e. The van der Waals surface area contributed by atoms with E-state index in [-0.39, 0.29) is 29.9 Å². The monoisotopic (exact) mass is 416 g/mol. The van der Waals surface area contributed by atoms with Gasteiger partial charge in [-0.1, -0.05) is 38.0 Å². The molecule has 1 aromatic rings. The van der Waals surface area contributed by atoms with Crippen molar-refractivity contribution in [1.82, 2.24) is 0 Å². The molecule has 160 valence electrons. The molecular formula is C24H29F3N3+. The fourth-order valence-corrected chi connectivity index (χ4v) is 7.12. The number of likely N-dealkylation sites (tertiary alicyclic amines) is 1. The zero-order chi connectivity index (χ0) is 21.6. The van der Waals surface area contributed by atoms with Crippen LogP contribution in [0.3, 0.4) is 0 Å². The van der Waals surface area contributed by atoms with Gasteiger partial charge >= 0.3 is 6.18 Å². The van der Waals surface area contributed by atoms with Crippen molar-refractivity contribution in [3.05, 3.63) is 35.4 Å². The highest BCUT2D eigenvalue weighted by Gasteiger charge is 2.68. The van der Waals surface area contributed by atoms with Crippen LogP contribution in [0.1, 0.15) is 69.4 Å². The fourth-order valence-electron chi connectivity index (χ4n) is 7.12. The van der Waals surface area contributed by atoms with Crippen LogP contribution in [-0.4, -0.2) is 11.1 Å². The standard InChI is InChI=1S/C24H28F3N3/c1-17-19-9-4-6-12-22(19,15-28)30(23(16-29)13-7-5-10-20(17)23)14-18-8-2-3-11-21(18)24(25,26)27/h2-3,8,11,17,19-20H,4-7,9-10,12-14H2,1H3/p+1/t17?,19-,20-,22-,23+/m1/s1. The highest BCUT2D eigenvalue weighted by atomic mass is 19.4. The Morgan fingerprint density at radius 3 is 2.00 bits per heavy atom. The van der Waals surface area contributed by atoms with E-state index in [2.05, 4.69) is 19.1 Å². The van der Waals surface area contributed by atoms with E-state index in [0.29, 0.717) is 12.8 Å². The summed E-state index contributed by atoms with van der Waals surface area (Å²) in [5, 5.41) is 20.9. The van der Waals surface area contributed by atoms with Crippen LogP contribution in [-0.2, 0) is 12.7 Å². The second-order valence-corrected chi connectivity index (χ2v) is 9.54. The van der Waals surface area contributed by atoms with Gasteiger partial charge in [0.25, 0.3) is 0 Å². The van der Waals surface area contributed by atoms with Crippen molar-refractivity contribution >= 4 is 0 Å². The minimum absolute atomic E-state index is 0.0799. The average Bonchev–Trinajstić information content (AvgIpc) is 2.76. The van der Waals surface area contributed by atoms with E-state index >= 15 is 0 Å². The smallest absolute Gasteiger partial charge is 0.297 e. The molecule has 1 saturated heterocycles. The summed E-state index contributed by atoms with van der Waals surface area (Å²) >= 11 is 0. The lowest BCUT2D eigenvalue weighted by Gasteiger charge is -2.61. The molecule has 2 aliphatic carbocycles. The molecule has 1 heterocycles. The van der Waals surface area contributed by atoms with Gasteiger partial charge in [0, 0.05) is 30.2 Å². The van der Waals surface area contributed by atoms with Gasteiger partial charge in [0.15, 0.2) is 11.1 Å². The largest absolute Gasteiger partial charge is 0.416 e. The van der Waals surface area contributed by atoms with Gasteiger partial charge in [0.05, 0.1) is 5.56 Å². The number of benzene rings is 1. The first-order chi connectivity index (χ1) is 14.3. The Kier molecular flexibility index (Phi) is 5.35. The molecule has 6 atom stereocenters. The Morgan fingerprint density at radius 2 is 1.50 bits per heavy atom. The van der Waals surface area contributed by atoms with Crippen LogP contribution in [0.15, 0.2) is 24.3 Å². The summed E-state index contributed by atoms with van der Waals surface area (Å²) in [7, 11) is 0. The van der Waals surface area contributed by atoms with Crippen LogP contribution in [0.25, 0.3) is 0 Å². The molecule has 2 unspecified atom stereocenters. The van der Waals surface area contributed by atoms with Gasteiger partial charge in [-0.25, -0.2) is 0 Å². The van der Waals surface area contributed by atoms with Gasteiger partial charge in [-0.3, -0.25) is 4.90 Å². The molecular weight excluding hydrogens is 387 g/mol. The van der Waals surface area contributed by atoms with Crippen molar-refractivity contribution in [1.29, 1.82) is 10.5 Å². The molecule has 1 aromatic carbocycles. The van der Waals surface area contributed by atoms with E-state index < -0.39 is 22.8 Å². The third kappa shape index (κ3) is 3.04. The molecule has 0 aromatic heterocycles. The third-order valence-corrected chi connectivity index (χ3v) is 8.37. The van der Waals surface area contributed by atoms with Gasteiger partial charge in [-0.15, -0.1) is 0 Å². The number of nitrogens with one attached hydrogen (secondary N) is 1. The first kappa shape index (κ1) is 21.2. The number of nitrogens with zero attached hydrogens (tertiary/aromatic N) is 2. The molecule has 3 aliphatic rings. The normalized spacial score (nSPS) is 38.6. The molecule has 0 amide bonds. The van der Waals surface area contributed by atoms with E-state index in [4.69, 9.17) is 0 Å². The van der Waals surface area contributed by atoms with Gasteiger partial charge in [-0.2, -0.15) is 23.7 Å². The molecule has 30 heavy (non-hydrogen) atoms. The zero-order valence-corrected chi connectivity index (χ0v) is 17.4. The van der Waals surface area contributed by atoms with Crippen LogP contribution in [0, 0.1) is 40.4 Å². The first-order valence-electron chi connectivity index (χ1n) is 11.1. The van der Waals surface area contributed by atoms with Crippen molar-refractivity contribution < 1.29 is 18.1 Å². The van der Waals surface area contributed by atoms with Crippen LogP contribution in [0.5, 0.6) is 0 Å². The maximum absolute atomic E-state index is 13.7. The summed E-state index contributed by atoms with van der Waals surface area (Å²) in [5.74, 6) is 0.509. The van der Waals surface area contributed by atoms with E-state index in [1.54, 1.807) is 6.07 Å². The van der Waals surface area contributed by atoms with Gasteiger partial charge in [0.2, 0.25) is 0 Å². The maximum atomic E-state index is 13.7. The average molecular weight is 417 g/mol. The molecule has 4 rings (SSSR count). The Bertz CT molecular complexity index is 841. The summed E-state index contributed by atoms with van der Waals surface area (Å²) < 4.78 is 41.2. The molecule has 3 fully saturated rings. The molecule has 1 N–H and O–H groups in total. The molecule has 3 nitrogen and oxygen atoms in total. The lowest BCUT2D eigenvalue weighted by Crippen LogP contribution is -3.29. The molecule has 1 aliphatic heterocycles. The number of hydrogen-bond acceptors (Lipinski definition) is 2. The predicted octanol–water partition coefficient (Wildman–Crippen LogP) is 4.65. The second-order valence-electron chi connectivity index (χ2n) is 9.54. The summed E-state index contributed by atoms with van der Waals surface area (Å²) in [6.07, 6.45) is 2.64. The van der Waals surface area contributed by atoms with E-state index in [1.807, 2.05) is 0 Å². The van der Waals surface area contributed by atoms with Crippen molar-refractivity contribution in [2.24, 2.45) is 17.8 Å². The Labute approximate surface area is 176 Å². The van der Waals surface area contributed by atoms with Crippen LogP contribution in [0.2, 0.25) is 0 Å². The van der Waals surface area contributed by atoms with Crippen molar-refractivity contribution in [3.8, 4) is 12.1 Å². The summed E-state index contributed by atoms with van der Waals surface area (Å²) in [4.78, 5) is 0.796. The van der Waals surface area contributed by atoms with E-state index in [0.717, 1.165) is 49.5 Å². The first-order valence-corrected chi connectivity index (χ1v) is 11.1. The number of rotatable bonds is 2. The summed E-state index contributed by atoms with van der Waals surface area (Å²) in [6, 6.07) is 10.9. The summed E-state index contributed by atoms with van der Waals surface area (Å²) in [5.41, 5.74) is -2.02. The Balaban J connectivity index is 1.88. The predicted molar refractivity (Wildman–Crippen MR) is 106 cm³/mol. The highest BCUT2D eigenvalue weighted by molar-refractivity contribution is 5.30. The van der Waals surface area contributed by atoms with Crippen molar-refractivity contribution in [3.63, 3.8) is 0 Å². The second kappa shape index (κ2) is 7.57. The minimum Gasteiger partial charge on any atom is -0.297 e. The van der Waals surface area contributed by atoms with Crippen LogP contribution in [0.4, 0.5) is 13.2 Å². The summed E-state index contributed by atoms with van der Waals surface area (Å²) in [6.45, 7) is 2.26. The third-order valence-electron chi connectivity index (χ3n) is 8.37. The highest BCUT2D eigenvalue weighted by Crippen LogP contribution is 2.50. The quantitative estimate of drug-likeness (QED) is 0.763. The number of fused-ring (bicyclic) bond motifs is 2. The number of alkyl halides is 3. The number of halogens is 3.